The van der Waals surface area contributed by atoms with E-state index in [-0.39, 0.29) is 30.4 Å². The molecule has 0 aromatic rings. The molecule has 0 radical (unpaired) electrons. The van der Waals surface area contributed by atoms with E-state index in [0.717, 1.165) is 12.3 Å². The summed E-state index contributed by atoms with van der Waals surface area (Å²) in [5, 5.41) is 0. The number of nitrogens with zero attached hydrogens (tertiary/aromatic N) is 1. The van der Waals surface area contributed by atoms with Gasteiger partial charge in [0.05, 0.1) is 11.0 Å². The summed E-state index contributed by atoms with van der Waals surface area (Å²) >= 11 is 2.78. The van der Waals surface area contributed by atoms with Crippen LogP contribution in [0.1, 0.15) is 19.3 Å². The van der Waals surface area contributed by atoms with Crippen LogP contribution in [0.15, 0.2) is 22.3 Å². The average molecular weight is 364 g/mol. The minimum Gasteiger partial charge on any atom is -0.372 e. The van der Waals surface area contributed by atoms with Gasteiger partial charge in [0.25, 0.3) is 0 Å². The molecule has 1 aliphatic heterocycles. The van der Waals surface area contributed by atoms with E-state index in [0.29, 0.717) is 6.42 Å². The first kappa shape index (κ1) is 15.7. The van der Waals surface area contributed by atoms with Crippen molar-refractivity contribution in [3.63, 3.8) is 0 Å². The third-order valence-corrected chi connectivity index (χ3v) is 4.44. The second-order valence-corrected chi connectivity index (χ2v) is 6.01. The number of allylic oxidation sites excluding steroid dienone is 2. The minimum atomic E-state index is -4.50. The van der Waals surface area contributed by atoms with E-state index in [1.807, 2.05) is 0 Å². The fourth-order valence-electron chi connectivity index (χ4n) is 2.47. The van der Waals surface area contributed by atoms with Crippen molar-refractivity contribution in [1.82, 2.24) is 4.90 Å². The van der Waals surface area contributed by atoms with Crippen LogP contribution in [-0.2, 0) is 0 Å². The average Bonchev–Trinajstić information content (AvgIpc) is 2.19. The Kier molecular flexibility index (Phi) is 3.90. The van der Waals surface area contributed by atoms with E-state index in [9.17, 15) is 26.3 Å². The molecule has 0 saturated heterocycles. The maximum atomic E-state index is 13.0. The van der Waals surface area contributed by atoms with E-state index >= 15 is 0 Å². The van der Waals surface area contributed by atoms with Crippen molar-refractivity contribution >= 4 is 15.9 Å². The summed E-state index contributed by atoms with van der Waals surface area (Å²) in [7, 11) is 0. The maximum Gasteiger partial charge on any atom is 0.417 e. The SMILES string of the molecule is FC(F)(F)C1=CCN(CC2(C(F)(F)F)CCC2)C=C1Br. The van der Waals surface area contributed by atoms with Gasteiger partial charge in [0, 0.05) is 23.8 Å². The molecule has 1 saturated carbocycles. The van der Waals surface area contributed by atoms with Gasteiger partial charge >= 0.3 is 12.4 Å². The van der Waals surface area contributed by atoms with Crippen LogP contribution in [0, 0.1) is 5.41 Å². The summed E-state index contributed by atoms with van der Waals surface area (Å²) < 4.78 is 76.6. The zero-order valence-electron chi connectivity index (χ0n) is 10.3. The van der Waals surface area contributed by atoms with Crippen LogP contribution in [0.5, 0.6) is 0 Å². The van der Waals surface area contributed by atoms with Gasteiger partial charge in [0.2, 0.25) is 0 Å². The first-order valence-electron chi connectivity index (χ1n) is 6.01. The largest absolute Gasteiger partial charge is 0.417 e. The van der Waals surface area contributed by atoms with Gasteiger partial charge in [-0.3, -0.25) is 0 Å². The fourth-order valence-corrected chi connectivity index (χ4v) is 3.15. The zero-order chi connectivity index (χ0) is 15.2. The lowest BCUT2D eigenvalue weighted by Crippen LogP contribution is -2.51. The number of alkyl halides is 6. The van der Waals surface area contributed by atoms with Crippen molar-refractivity contribution in [2.45, 2.75) is 31.6 Å². The summed E-state index contributed by atoms with van der Waals surface area (Å²) in [5.74, 6) is 0. The summed E-state index contributed by atoms with van der Waals surface area (Å²) in [4.78, 5) is 1.28. The molecule has 20 heavy (non-hydrogen) atoms. The number of hydrogen-bond donors (Lipinski definition) is 0. The second-order valence-electron chi connectivity index (χ2n) is 5.15. The molecule has 1 heterocycles. The fraction of sp³-hybridized carbons (Fsp3) is 0.667. The highest BCUT2D eigenvalue weighted by atomic mass is 79.9. The Morgan fingerprint density at radius 3 is 2.10 bits per heavy atom. The maximum absolute atomic E-state index is 13.0. The molecule has 2 aliphatic rings. The lowest BCUT2D eigenvalue weighted by atomic mass is 9.67. The van der Waals surface area contributed by atoms with Crippen LogP contribution in [0.4, 0.5) is 26.3 Å². The molecule has 1 aliphatic carbocycles. The Labute approximate surface area is 120 Å². The lowest BCUT2D eigenvalue weighted by molar-refractivity contribution is -0.254. The molecule has 2 rings (SSSR count). The molecule has 8 heteroatoms. The quantitative estimate of drug-likeness (QED) is 0.639. The standard InChI is InChI=1S/C12H12BrF6N/c13-9-6-20(5-2-8(9)11(14,15)16)7-10(3-1-4-10)12(17,18)19/h2,6H,1,3-5,7H2. The van der Waals surface area contributed by atoms with Crippen LogP contribution in [0.3, 0.4) is 0 Å². The summed E-state index contributed by atoms with van der Waals surface area (Å²) in [5.41, 5.74) is -2.62. The van der Waals surface area contributed by atoms with Crippen molar-refractivity contribution in [3.8, 4) is 0 Å². The van der Waals surface area contributed by atoms with Gasteiger partial charge in [-0.2, -0.15) is 26.3 Å². The van der Waals surface area contributed by atoms with Gasteiger partial charge in [0.1, 0.15) is 0 Å². The molecular weight excluding hydrogens is 352 g/mol. The number of rotatable bonds is 2. The molecule has 0 atom stereocenters. The summed E-state index contributed by atoms with van der Waals surface area (Å²) in [6.07, 6.45) is -6.23. The Morgan fingerprint density at radius 2 is 1.75 bits per heavy atom. The number of hydrogen-bond acceptors (Lipinski definition) is 1. The Hall–Kier alpha value is -0.660. The van der Waals surface area contributed by atoms with Gasteiger partial charge in [-0.25, -0.2) is 0 Å². The van der Waals surface area contributed by atoms with Crippen molar-refractivity contribution in [2.75, 3.05) is 13.1 Å². The van der Waals surface area contributed by atoms with Gasteiger partial charge in [-0.15, -0.1) is 0 Å². The predicted octanol–water partition coefficient (Wildman–Crippen LogP) is 4.76. The van der Waals surface area contributed by atoms with Gasteiger partial charge < -0.3 is 4.90 Å². The van der Waals surface area contributed by atoms with Crippen molar-refractivity contribution < 1.29 is 26.3 Å². The van der Waals surface area contributed by atoms with E-state index < -0.39 is 23.3 Å². The van der Waals surface area contributed by atoms with E-state index in [4.69, 9.17) is 0 Å². The molecule has 0 N–H and O–H groups in total. The van der Waals surface area contributed by atoms with Crippen LogP contribution in [-0.4, -0.2) is 30.3 Å². The van der Waals surface area contributed by atoms with E-state index in [2.05, 4.69) is 15.9 Å². The smallest absolute Gasteiger partial charge is 0.372 e. The van der Waals surface area contributed by atoms with Gasteiger partial charge in [0.15, 0.2) is 0 Å². The third-order valence-electron chi connectivity index (χ3n) is 3.81. The second kappa shape index (κ2) is 4.96. The molecule has 0 unspecified atom stereocenters. The lowest BCUT2D eigenvalue weighted by Gasteiger charge is -2.46. The molecule has 1 nitrogen and oxygen atoms in total. The first-order chi connectivity index (χ1) is 9.05. The third kappa shape index (κ3) is 2.84. The summed E-state index contributed by atoms with van der Waals surface area (Å²) in [6, 6.07) is 0. The Balaban J connectivity index is 2.10. The predicted molar refractivity (Wildman–Crippen MR) is 65.1 cm³/mol. The molecule has 0 bridgehead atoms. The van der Waals surface area contributed by atoms with Crippen LogP contribution >= 0.6 is 15.9 Å². The van der Waals surface area contributed by atoms with Crippen LogP contribution < -0.4 is 0 Å². The minimum absolute atomic E-state index is 0.0360. The zero-order valence-corrected chi connectivity index (χ0v) is 11.9. The molecule has 114 valence electrons. The molecule has 1 fully saturated rings. The normalized spacial score (nSPS) is 23.1. The van der Waals surface area contributed by atoms with Crippen molar-refractivity contribution in [1.29, 1.82) is 0 Å². The van der Waals surface area contributed by atoms with E-state index in [1.165, 1.54) is 4.90 Å². The molecule has 0 aromatic heterocycles. The Bertz CT molecular complexity index is 444. The van der Waals surface area contributed by atoms with Crippen molar-refractivity contribution in [3.05, 3.63) is 22.3 Å². The number of halogens is 7. The Morgan fingerprint density at radius 1 is 1.15 bits per heavy atom. The summed E-state index contributed by atoms with van der Waals surface area (Å²) in [6.45, 7) is -0.463. The van der Waals surface area contributed by atoms with E-state index in [1.54, 1.807) is 0 Å². The van der Waals surface area contributed by atoms with Crippen LogP contribution in [0.25, 0.3) is 0 Å². The first-order valence-corrected chi connectivity index (χ1v) is 6.80. The molecule has 0 spiro atoms. The van der Waals surface area contributed by atoms with Gasteiger partial charge in [-0.05, 0) is 28.8 Å². The van der Waals surface area contributed by atoms with Crippen molar-refractivity contribution in [2.24, 2.45) is 5.41 Å². The highest BCUT2D eigenvalue weighted by molar-refractivity contribution is 9.12. The highest BCUT2D eigenvalue weighted by Crippen LogP contribution is 2.53. The molecule has 0 aromatic carbocycles. The van der Waals surface area contributed by atoms with Crippen LogP contribution in [0.2, 0.25) is 0 Å². The topological polar surface area (TPSA) is 3.24 Å². The molecular formula is C12H12BrF6N. The highest BCUT2D eigenvalue weighted by Gasteiger charge is 2.58. The van der Waals surface area contributed by atoms with Gasteiger partial charge in [-0.1, -0.05) is 12.5 Å². The monoisotopic (exact) mass is 363 g/mol. The molecule has 0 amide bonds.